The average Bonchev–Trinajstić information content (AvgIpc) is 3.05. The van der Waals surface area contributed by atoms with E-state index in [0.717, 1.165) is 12.8 Å². The zero-order valence-electron chi connectivity index (χ0n) is 15.6. The Kier molecular flexibility index (Phi) is 6.48. The van der Waals surface area contributed by atoms with E-state index < -0.39 is 11.9 Å². The number of nitrogens with one attached hydrogen (secondary N) is 1. The predicted octanol–water partition coefficient (Wildman–Crippen LogP) is 2.46. The van der Waals surface area contributed by atoms with Crippen molar-refractivity contribution in [1.82, 2.24) is 14.8 Å². The summed E-state index contributed by atoms with van der Waals surface area (Å²) in [4.78, 5) is 28.8. The van der Waals surface area contributed by atoms with Gasteiger partial charge in [0, 0.05) is 26.1 Å². The number of hydrogen-bond acceptors (Lipinski definition) is 7. The topological polar surface area (TPSA) is 105 Å². The van der Waals surface area contributed by atoms with Crippen LogP contribution in [0.15, 0.2) is 18.5 Å². The van der Waals surface area contributed by atoms with Crippen molar-refractivity contribution >= 4 is 29.3 Å². The molecule has 0 aliphatic carbocycles. The van der Waals surface area contributed by atoms with Crippen LogP contribution in [0.4, 0.5) is 5.82 Å². The Labute approximate surface area is 166 Å². The molecule has 0 radical (unpaired) electrons. The van der Waals surface area contributed by atoms with Gasteiger partial charge in [0.25, 0.3) is 5.91 Å². The standard InChI is InChI=1S/C18H21ClN4O5/c1-3-27-18(25)13-10-21-23(2)15(13)22-16(24)11-8-14(19)17(20-9-11)28-12-4-6-26-7-5-12/h8-10,12H,3-7H2,1-2H3,(H,22,24). The zero-order chi connectivity index (χ0) is 20.1. The fourth-order valence-electron chi connectivity index (χ4n) is 2.71. The van der Waals surface area contributed by atoms with Crippen molar-refractivity contribution in [3.8, 4) is 5.88 Å². The third kappa shape index (κ3) is 4.60. The van der Waals surface area contributed by atoms with Crippen molar-refractivity contribution < 1.29 is 23.8 Å². The Morgan fingerprint density at radius 3 is 2.79 bits per heavy atom. The van der Waals surface area contributed by atoms with Crippen molar-refractivity contribution in [3.05, 3.63) is 34.6 Å². The normalized spacial score (nSPS) is 14.5. The largest absolute Gasteiger partial charge is 0.473 e. The van der Waals surface area contributed by atoms with Gasteiger partial charge < -0.3 is 19.5 Å². The number of amides is 1. The molecule has 1 amide bonds. The number of halogens is 1. The number of nitrogens with zero attached hydrogens (tertiary/aromatic N) is 3. The zero-order valence-corrected chi connectivity index (χ0v) is 16.4. The van der Waals surface area contributed by atoms with E-state index >= 15 is 0 Å². The minimum Gasteiger partial charge on any atom is -0.473 e. The molecule has 1 aliphatic heterocycles. The fraction of sp³-hybridized carbons (Fsp3) is 0.444. The maximum Gasteiger partial charge on any atom is 0.343 e. The van der Waals surface area contributed by atoms with Gasteiger partial charge in [0.1, 0.15) is 22.5 Å². The number of aryl methyl sites for hydroxylation is 1. The smallest absolute Gasteiger partial charge is 0.343 e. The molecule has 0 unspecified atom stereocenters. The maximum absolute atomic E-state index is 12.6. The second-order valence-electron chi connectivity index (χ2n) is 6.15. The average molecular weight is 409 g/mol. The first-order valence-corrected chi connectivity index (χ1v) is 9.27. The van der Waals surface area contributed by atoms with Gasteiger partial charge in [0.2, 0.25) is 5.88 Å². The van der Waals surface area contributed by atoms with Crippen molar-refractivity contribution in [2.45, 2.75) is 25.9 Å². The van der Waals surface area contributed by atoms with Gasteiger partial charge in [-0.2, -0.15) is 5.10 Å². The summed E-state index contributed by atoms with van der Waals surface area (Å²) in [5.41, 5.74) is 0.386. The number of ether oxygens (including phenoxy) is 3. The number of carbonyl (C=O) groups is 2. The minimum absolute atomic E-state index is 0.0139. The van der Waals surface area contributed by atoms with Crippen LogP contribution >= 0.6 is 11.6 Å². The molecule has 0 atom stereocenters. The van der Waals surface area contributed by atoms with Crippen molar-refractivity contribution in [2.75, 3.05) is 25.1 Å². The van der Waals surface area contributed by atoms with Crippen LogP contribution in [0.5, 0.6) is 5.88 Å². The lowest BCUT2D eigenvalue weighted by Gasteiger charge is -2.23. The molecule has 2 aromatic heterocycles. The molecule has 0 saturated carbocycles. The van der Waals surface area contributed by atoms with E-state index in [4.69, 9.17) is 25.8 Å². The molecule has 0 bridgehead atoms. The Balaban J connectivity index is 1.72. The highest BCUT2D eigenvalue weighted by Crippen LogP contribution is 2.26. The number of aromatic nitrogens is 3. The lowest BCUT2D eigenvalue weighted by Crippen LogP contribution is -2.26. The highest BCUT2D eigenvalue weighted by atomic mass is 35.5. The first-order chi connectivity index (χ1) is 13.5. The number of hydrogen-bond donors (Lipinski definition) is 1. The summed E-state index contributed by atoms with van der Waals surface area (Å²) in [5.74, 6) is -0.552. The van der Waals surface area contributed by atoms with E-state index in [-0.39, 0.29) is 40.6 Å². The summed E-state index contributed by atoms with van der Waals surface area (Å²) < 4.78 is 17.4. The second-order valence-corrected chi connectivity index (χ2v) is 6.55. The Morgan fingerprint density at radius 1 is 1.36 bits per heavy atom. The van der Waals surface area contributed by atoms with Gasteiger partial charge in [-0.05, 0) is 13.0 Å². The van der Waals surface area contributed by atoms with E-state index in [0.29, 0.717) is 13.2 Å². The number of pyridine rings is 1. The lowest BCUT2D eigenvalue weighted by molar-refractivity contribution is 0.0237. The Hall–Kier alpha value is -2.65. The van der Waals surface area contributed by atoms with Crippen LogP contribution in [-0.2, 0) is 16.5 Å². The van der Waals surface area contributed by atoms with Gasteiger partial charge >= 0.3 is 5.97 Å². The van der Waals surface area contributed by atoms with Crippen LogP contribution < -0.4 is 10.1 Å². The van der Waals surface area contributed by atoms with Crippen molar-refractivity contribution in [3.63, 3.8) is 0 Å². The van der Waals surface area contributed by atoms with Gasteiger partial charge in [-0.25, -0.2) is 9.78 Å². The number of anilines is 1. The molecule has 0 spiro atoms. The molecule has 28 heavy (non-hydrogen) atoms. The maximum atomic E-state index is 12.6. The lowest BCUT2D eigenvalue weighted by atomic mass is 10.1. The summed E-state index contributed by atoms with van der Waals surface area (Å²) in [6, 6.07) is 1.47. The van der Waals surface area contributed by atoms with Gasteiger partial charge in [-0.1, -0.05) is 11.6 Å². The molecular formula is C18H21ClN4O5. The molecule has 1 N–H and O–H groups in total. The van der Waals surface area contributed by atoms with Crippen molar-refractivity contribution in [2.24, 2.45) is 7.05 Å². The molecule has 10 heteroatoms. The van der Waals surface area contributed by atoms with E-state index in [1.54, 1.807) is 14.0 Å². The highest BCUT2D eigenvalue weighted by molar-refractivity contribution is 6.32. The van der Waals surface area contributed by atoms with E-state index in [1.165, 1.54) is 23.1 Å². The number of esters is 1. The highest BCUT2D eigenvalue weighted by Gasteiger charge is 2.21. The van der Waals surface area contributed by atoms with Crippen molar-refractivity contribution in [1.29, 1.82) is 0 Å². The van der Waals surface area contributed by atoms with Crippen LogP contribution in [0, 0.1) is 0 Å². The number of carbonyl (C=O) groups excluding carboxylic acids is 2. The summed E-state index contributed by atoms with van der Waals surface area (Å²) in [6.45, 7) is 3.19. The SMILES string of the molecule is CCOC(=O)c1cnn(C)c1NC(=O)c1cnc(OC2CCOCC2)c(Cl)c1. The minimum atomic E-state index is -0.567. The third-order valence-corrected chi connectivity index (χ3v) is 4.45. The van der Waals surface area contributed by atoms with Gasteiger partial charge in [0.05, 0.1) is 31.6 Å². The van der Waals surface area contributed by atoms with Crippen LogP contribution in [0.1, 0.15) is 40.5 Å². The summed E-state index contributed by atoms with van der Waals surface area (Å²) >= 11 is 6.24. The van der Waals surface area contributed by atoms with E-state index in [9.17, 15) is 9.59 Å². The Morgan fingerprint density at radius 2 is 2.11 bits per heavy atom. The summed E-state index contributed by atoms with van der Waals surface area (Å²) in [7, 11) is 1.61. The van der Waals surface area contributed by atoms with Crippen LogP contribution in [0.2, 0.25) is 5.02 Å². The molecule has 1 saturated heterocycles. The quantitative estimate of drug-likeness (QED) is 0.732. The molecule has 1 fully saturated rings. The molecule has 2 aromatic rings. The van der Waals surface area contributed by atoms with Gasteiger partial charge in [-0.3, -0.25) is 9.48 Å². The monoisotopic (exact) mass is 408 g/mol. The van der Waals surface area contributed by atoms with Gasteiger partial charge in [-0.15, -0.1) is 0 Å². The second kappa shape index (κ2) is 9.03. The van der Waals surface area contributed by atoms with E-state index in [1.807, 2.05) is 0 Å². The third-order valence-electron chi connectivity index (χ3n) is 4.18. The fourth-order valence-corrected chi connectivity index (χ4v) is 2.92. The van der Waals surface area contributed by atoms with Crippen LogP contribution in [-0.4, -0.2) is 52.6 Å². The first kappa shape index (κ1) is 20.1. The Bertz CT molecular complexity index is 864. The summed E-state index contributed by atoms with van der Waals surface area (Å²) in [5, 5.41) is 6.87. The molecule has 1 aliphatic rings. The van der Waals surface area contributed by atoms with Crippen LogP contribution in [0.25, 0.3) is 0 Å². The van der Waals surface area contributed by atoms with Crippen LogP contribution in [0.3, 0.4) is 0 Å². The number of rotatable bonds is 6. The molecule has 3 heterocycles. The molecule has 150 valence electrons. The van der Waals surface area contributed by atoms with Gasteiger partial charge in [0.15, 0.2) is 0 Å². The summed E-state index contributed by atoms with van der Waals surface area (Å²) in [6.07, 6.45) is 4.22. The van der Waals surface area contributed by atoms with E-state index in [2.05, 4.69) is 15.4 Å². The molecular weight excluding hydrogens is 388 g/mol. The predicted molar refractivity (Wildman–Crippen MR) is 101 cm³/mol. The first-order valence-electron chi connectivity index (χ1n) is 8.90. The molecule has 0 aromatic carbocycles. The molecule has 9 nitrogen and oxygen atoms in total. The molecule has 3 rings (SSSR count).